The minimum Gasteiger partial charge on any atom is -0.381 e. The largest absolute Gasteiger partial charge is 0.381 e. The van der Waals surface area contributed by atoms with Gasteiger partial charge in [0.2, 0.25) is 0 Å². The van der Waals surface area contributed by atoms with Gasteiger partial charge in [-0.1, -0.05) is 30.3 Å². The van der Waals surface area contributed by atoms with Gasteiger partial charge >= 0.3 is 0 Å². The number of ether oxygens (including phenoxy) is 1. The molecule has 2 saturated heterocycles. The molecular weight excluding hydrogens is 356 g/mol. The fourth-order valence-corrected chi connectivity index (χ4v) is 4.54. The summed E-state index contributed by atoms with van der Waals surface area (Å²) in [5.41, 5.74) is 1.40. The molecule has 1 aromatic rings. The summed E-state index contributed by atoms with van der Waals surface area (Å²) in [5, 5.41) is 3.51. The number of hydrogen-bond donors (Lipinski definition) is 1. The van der Waals surface area contributed by atoms with Gasteiger partial charge in [0.05, 0.1) is 6.54 Å². The highest BCUT2D eigenvalue weighted by atomic mass is 32.2. The topological polar surface area (TPSA) is 40.1 Å². The van der Waals surface area contributed by atoms with E-state index in [9.17, 15) is 0 Å². The van der Waals surface area contributed by atoms with Gasteiger partial charge in [-0.2, -0.15) is 11.8 Å². The van der Waals surface area contributed by atoms with Crippen LogP contribution in [0.5, 0.6) is 0 Å². The van der Waals surface area contributed by atoms with Crippen LogP contribution in [0.1, 0.15) is 25.3 Å². The molecule has 2 heterocycles. The van der Waals surface area contributed by atoms with Crippen molar-refractivity contribution in [2.45, 2.75) is 31.1 Å². The van der Waals surface area contributed by atoms with Crippen molar-refractivity contribution >= 4 is 17.7 Å². The lowest BCUT2D eigenvalue weighted by molar-refractivity contribution is 0.0793. The molecule has 3 rings (SSSR count). The zero-order valence-corrected chi connectivity index (χ0v) is 17.6. The van der Waals surface area contributed by atoms with E-state index in [1.165, 1.54) is 5.56 Å². The van der Waals surface area contributed by atoms with Crippen LogP contribution < -0.4 is 5.32 Å². The summed E-state index contributed by atoms with van der Waals surface area (Å²) in [4.78, 5) is 10.0. The smallest absolute Gasteiger partial charge is 0.194 e. The molecule has 2 fully saturated rings. The molecule has 0 bridgehead atoms. The number of nitrogens with one attached hydrogen (secondary N) is 1. The highest BCUT2D eigenvalue weighted by Gasteiger charge is 2.32. The van der Waals surface area contributed by atoms with Gasteiger partial charge in [-0.05, 0) is 31.6 Å². The molecule has 6 heteroatoms. The van der Waals surface area contributed by atoms with Crippen molar-refractivity contribution in [3.63, 3.8) is 0 Å². The lowest BCUT2D eigenvalue weighted by atomic mass is 9.99. The fraction of sp³-hybridized carbons (Fsp3) is 0.667. The van der Waals surface area contributed by atoms with Crippen molar-refractivity contribution in [2.24, 2.45) is 4.99 Å². The van der Waals surface area contributed by atoms with E-state index in [1.54, 1.807) is 0 Å². The van der Waals surface area contributed by atoms with Gasteiger partial charge in [0, 0.05) is 57.2 Å². The van der Waals surface area contributed by atoms with E-state index in [2.05, 4.69) is 58.6 Å². The van der Waals surface area contributed by atoms with Crippen molar-refractivity contribution in [3.8, 4) is 0 Å². The van der Waals surface area contributed by atoms with E-state index in [1.807, 2.05) is 11.8 Å². The third kappa shape index (κ3) is 5.87. The second-order valence-corrected chi connectivity index (χ2v) is 8.69. The van der Waals surface area contributed by atoms with Gasteiger partial charge in [-0.15, -0.1) is 0 Å². The Hall–Kier alpha value is -1.24. The Morgan fingerprint density at radius 3 is 2.48 bits per heavy atom. The molecule has 2 aliphatic heterocycles. The fourth-order valence-electron chi connectivity index (χ4n) is 3.77. The monoisotopic (exact) mass is 390 g/mol. The van der Waals surface area contributed by atoms with Crippen LogP contribution in [0.4, 0.5) is 0 Å². The number of piperazine rings is 1. The van der Waals surface area contributed by atoms with Crippen LogP contribution in [0.2, 0.25) is 0 Å². The number of benzene rings is 1. The Kier molecular flexibility index (Phi) is 7.85. The minimum atomic E-state index is 0.244. The molecule has 0 radical (unpaired) electrons. The Morgan fingerprint density at radius 1 is 1.15 bits per heavy atom. The van der Waals surface area contributed by atoms with Gasteiger partial charge in [-0.25, -0.2) is 0 Å². The zero-order valence-electron chi connectivity index (χ0n) is 16.8. The Morgan fingerprint density at radius 2 is 1.85 bits per heavy atom. The first-order valence-corrected chi connectivity index (χ1v) is 11.4. The predicted molar refractivity (Wildman–Crippen MR) is 116 cm³/mol. The van der Waals surface area contributed by atoms with Crippen molar-refractivity contribution < 1.29 is 4.74 Å². The van der Waals surface area contributed by atoms with Gasteiger partial charge < -0.3 is 15.0 Å². The van der Waals surface area contributed by atoms with Crippen LogP contribution in [0, 0.1) is 0 Å². The molecule has 27 heavy (non-hydrogen) atoms. The maximum Gasteiger partial charge on any atom is 0.194 e. The lowest BCUT2D eigenvalue weighted by Crippen LogP contribution is -2.52. The number of hydrogen-bond acceptors (Lipinski definition) is 4. The van der Waals surface area contributed by atoms with Gasteiger partial charge in [-0.3, -0.25) is 9.89 Å². The summed E-state index contributed by atoms with van der Waals surface area (Å²) in [5.74, 6) is 1.08. The third-order valence-corrected chi connectivity index (χ3v) is 7.01. The molecule has 150 valence electrons. The van der Waals surface area contributed by atoms with Crippen molar-refractivity contribution in [2.75, 3.05) is 58.7 Å². The second-order valence-electron chi connectivity index (χ2n) is 7.42. The van der Waals surface area contributed by atoms with Crippen LogP contribution in [0.25, 0.3) is 0 Å². The molecule has 0 aliphatic carbocycles. The molecule has 5 nitrogen and oxygen atoms in total. The van der Waals surface area contributed by atoms with E-state index in [-0.39, 0.29) is 4.75 Å². The maximum atomic E-state index is 5.56. The van der Waals surface area contributed by atoms with Crippen molar-refractivity contribution in [1.82, 2.24) is 15.1 Å². The van der Waals surface area contributed by atoms with E-state index in [0.717, 1.165) is 77.8 Å². The van der Waals surface area contributed by atoms with Crippen LogP contribution >= 0.6 is 11.8 Å². The van der Waals surface area contributed by atoms with Crippen LogP contribution in [-0.4, -0.2) is 79.2 Å². The average molecular weight is 391 g/mol. The summed E-state index contributed by atoms with van der Waals surface area (Å²) >= 11 is 1.96. The summed E-state index contributed by atoms with van der Waals surface area (Å²) < 4.78 is 5.81. The first kappa shape index (κ1) is 20.5. The molecule has 0 spiro atoms. The molecule has 0 amide bonds. The second kappa shape index (κ2) is 10.3. The quantitative estimate of drug-likeness (QED) is 0.597. The summed E-state index contributed by atoms with van der Waals surface area (Å²) in [6.45, 7) is 11.0. The summed E-state index contributed by atoms with van der Waals surface area (Å²) in [6.07, 6.45) is 4.42. The molecule has 1 N–H and O–H groups in total. The molecule has 0 saturated carbocycles. The van der Waals surface area contributed by atoms with Gasteiger partial charge in [0.1, 0.15) is 0 Å². The standard InChI is InChI=1S/C21H34N4OS/c1-3-22-20(23-18-21(27-2)9-15-26-16-10-21)25-13-11-24(12-14-25)17-19-7-5-4-6-8-19/h4-8H,3,9-18H2,1-2H3,(H,22,23). The number of guanidine groups is 1. The zero-order chi connectivity index (χ0) is 19.0. The Labute approximate surface area is 168 Å². The van der Waals surface area contributed by atoms with Crippen molar-refractivity contribution in [3.05, 3.63) is 35.9 Å². The molecule has 0 aromatic heterocycles. The van der Waals surface area contributed by atoms with Gasteiger partial charge in [0.15, 0.2) is 5.96 Å². The minimum absolute atomic E-state index is 0.244. The maximum absolute atomic E-state index is 5.56. The van der Waals surface area contributed by atoms with E-state index in [0.29, 0.717) is 0 Å². The van der Waals surface area contributed by atoms with Crippen LogP contribution in [0.15, 0.2) is 35.3 Å². The van der Waals surface area contributed by atoms with Crippen LogP contribution in [0.3, 0.4) is 0 Å². The Balaban J connectivity index is 1.55. The lowest BCUT2D eigenvalue weighted by Gasteiger charge is -2.38. The highest BCUT2D eigenvalue weighted by Crippen LogP contribution is 2.34. The molecule has 0 unspecified atom stereocenters. The van der Waals surface area contributed by atoms with E-state index < -0.39 is 0 Å². The molecular formula is C21H34N4OS. The normalized spacial score (nSPS) is 21.3. The molecule has 0 atom stereocenters. The molecule has 2 aliphatic rings. The van der Waals surface area contributed by atoms with Crippen LogP contribution in [-0.2, 0) is 11.3 Å². The first-order valence-electron chi connectivity index (χ1n) is 10.2. The number of aliphatic imine (C=N–C) groups is 1. The third-order valence-electron chi connectivity index (χ3n) is 5.61. The van der Waals surface area contributed by atoms with Crippen molar-refractivity contribution in [1.29, 1.82) is 0 Å². The average Bonchev–Trinajstić information content (AvgIpc) is 2.73. The summed E-state index contributed by atoms with van der Waals surface area (Å²) in [6, 6.07) is 10.8. The van der Waals surface area contributed by atoms with Gasteiger partial charge in [0.25, 0.3) is 0 Å². The van der Waals surface area contributed by atoms with E-state index in [4.69, 9.17) is 9.73 Å². The summed E-state index contributed by atoms with van der Waals surface area (Å²) in [7, 11) is 0. The predicted octanol–water partition coefficient (Wildman–Crippen LogP) is 2.68. The number of rotatable bonds is 6. The van der Waals surface area contributed by atoms with E-state index >= 15 is 0 Å². The first-order chi connectivity index (χ1) is 13.2. The SMILES string of the molecule is CCNC(=NCC1(SC)CCOCC1)N1CCN(Cc2ccccc2)CC1. The Bertz CT molecular complexity index is 581. The highest BCUT2D eigenvalue weighted by molar-refractivity contribution is 8.00. The number of nitrogens with zero attached hydrogens (tertiary/aromatic N) is 3. The molecule has 1 aromatic carbocycles. The number of thioether (sulfide) groups is 1.